The Morgan fingerprint density at radius 2 is 1.75 bits per heavy atom. The van der Waals surface area contributed by atoms with Gasteiger partial charge in [0.15, 0.2) is 5.75 Å². The highest BCUT2D eigenvalue weighted by Crippen LogP contribution is 2.35. The van der Waals surface area contributed by atoms with E-state index in [-0.39, 0.29) is 11.6 Å². The van der Waals surface area contributed by atoms with Gasteiger partial charge < -0.3 is 10.1 Å². The molecule has 0 fully saturated rings. The number of nitrogens with zero attached hydrogens (tertiary/aromatic N) is 1. The van der Waals surface area contributed by atoms with Crippen molar-refractivity contribution in [3.63, 3.8) is 0 Å². The van der Waals surface area contributed by atoms with Crippen molar-refractivity contribution >= 4 is 57.8 Å². The molecule has 0 aliphatic heterocycles. The Hall–Kier alpha value is -2.53. The smallest absolute Gasteiger partial charge is 0.262 e. The largest absolute Gasteiger partial charge is 0.486 e. The summed E-state index contributed by atoms with van der Waals surface area (Å²) in [7, 11) is 0. The molecule has 0 bridgehead atoms. The Balaban J connectivity index is 1.74. The fourth-order valence-electron chi connectivity index (χ4n) is 2.95. The van der Waals surface area contributed by atoms with Gasteiger partial charge >= 0.3 is 0 Å². The van der Waals surface area contributed by atoms with E-state index in [1.54, 1.807) is 12.1 Å². The molecule has 3 rings (SSSR count). The van der Waals surface area contributed by atoms with Crippen molar-refractivity contribution in [3.05, 3.63) is 103 Å². The SMILES string of the molecule is C[C@@H](NC(=O)/C(C#N)=C\c1cc(Cl)c(OCc2ccc(I)cc2)c(Cl)c1)c1ccccc1. The molecule has 0 radical (unpaired) electrons. The summed E-state index contributed by atoms with van der Waals surface area (Å²) in [5.74, 6) is -0.125. The molecule has 1 atom stereocenters. The number of rotatable bonds is 7. The van der Waals surface area contributed by atoms with E-state index in [1.807, 2.05) is 67.6 Å². The fraction of sp³-hybridized carbons (Fsp3) is 0.120. The highest BCUT2D eigenvalue weighted by molar-refractivity contribution is 14.1. The van der Waals surface area contributed by atoms with Gasteiger partial charge in [-0.15, -0.1) is 0 Å². The van der Waals surface area contributed by atoms with Crippen LogP contribution in [0.4, 0.5) is 0 Å². The van der Waals surface area contributed by atoms with Crippen LogP contribution in [0.3, 0.4) is 0 Å². The number of carbonyl (C=O) groups excluding carboxylic acids is 1. The number of halogens is 3. The Morgan fingerprint density at radius 3 is 2.34 bits per heavy atom. The van der Waals surface area contributed by atoms with Gasteiger partial charge in [-0.25, -0.2) is 0 Å². The van der Waals surface area contributed by atoms with Gasteiger partial charge in [-0.3, -0.25) is 4.79 Å². The summed E-state index contributed by atoms with van der Waals surface area (Å²) in [6.07, 6.45) is 1.45. The quantitative estimate of drug-likeness (QED) is 0.188. The lowest BCUT2D eigenvalue weighted by Crippen LogP contribution is -2.27. The summed E-state index contributed by atoms with van der Waals surface area (Å²) in [4.78, 5) is 12.6. The average Bonchev–Trinajstić information content (AvgIpc) is 2.78. The molecule has 162 valence electrons. The topological polar surface area (TPSA) is 62.1 Å². The van der Waals surface area contributed by atoms with Gasteiger partial charge in [0.05, 0.1) is 16.1 Å². The lowest BCUT2D eigenvalue weighted by molar-refractivity contribution is -0.117. The molecule has 32 heavy (non-hydrogen) atoms. The molecule has 0 spiro atoms. The van der Waals surface area contributed by atoms with Gasteiger partial charge in [-0.1, -0.05) is 65.7 Å². The zero-order valence-corrected chi connectivity index (χ0v) is 20.8. The molecule has 4 nitrogen and oxygen atoms in total. The second-order valence-electron chi connectivity index (χ2n) is 7.00. The Bertz CT molecular complexity index is 1150. The molecule has 1 amide bonds. The second kappa shape index (κ2) is 11.4. The van der Waals surface area contributed by atoms with Crippen molar-refractivity contribution < 1.29 is 9.53 Å². The molecule has 0 unspecified atom stereocenters. The number of amides is 1. The van der Waals surface area contributed by atoms with E-state index in [9.17, 15) is 10.1 Å². The predicted molar refractivity (Wildman–Crippen MR) is 137 cm³/mol. The summed E-state index contributed by atoms with van der Waals surface area (Å²) in [5.41, 5.74) is 2.41. The summed E-state index contributed by atoms with van der Waals surface area (Å²) in [6, 6.07) is 22.4. The highest BCUT2D eigenvalue weighted by atomic mass is 127. The molecule has 0 aliphatic carbocycles. The van der Waals surface area contributed by atoms with Crippen molar-refractivity contribution in [3.8, 4) is 11.8 Å². The van der Waals surface area contributed by atoms with Crippen LogP contribution >= 0.6 is 45.8 Å². The molecular weight excluding hydrogens is 558 g/mol. The molecule has 7 heteroatoms. The minimum Gasteiger partial charge on any atom is -0.486 e. The molecule has 3 aromatic carbocycles. The first kappa shape index (κ1) is 24.1. The number of ether oxygens (including phenoxy) is 1. The van der Waals surface area contributed by atoms with Crippen molar-refractivity contribution in [2.45, 2.75) is 19.6 Å². The summed E-state index contributed by atoms with van der Waals surface area (Å²) < 4.78 is 6.93. The van der Waals surface area contributed by atoms with E-state index in [1.165, 1.54) is 6.08 Å². The van der Waals surface area contributed by atoms with E-state index in [0.29, 0.717) is 28.0 Å². The lowest BCUT2D eigenvalue weighted by Gasteiger charge is -2.14. The van der Waals surface area contributed by atoms with Crippen molar-refractivity contribution in [1.29, 1.82) is 5.26 Å². The molecule has 0 saturated heterocycles. The number of benzene rings is 3. The standard InChI is InChI=1S/C25H19Cl2IN2O2/c1-16(19-5-3-2-4-6-19)30-25(31)20(14-29)11-18-12-22(26)24(23(27)13-18)32-15-17-7-9-21(28)10-8-17/h2-13,16H,15H2,1H3,(H,30,31)/b20-11-/t16-/m1/s1. The van der Waals surface area contributed by atoms with E-state index >= 15 is 0 Å². The number of carbonyl (C=O) groups is 1. The minimum absolute atomic E-state index is 0.0486. The van der Waals surface area contributed by atoms with E-state index < -0.39 is 5.91 Å². The van der Waals surface area contributed by atoms with E-state index in [0.717, 1.165) is 14.7 Å². The van der Waals surface area contributed by atoms with Crippen LogP contribution < -0.4 is 10.1 Å². The Kier molecular flexibility index (Phi) is 8.57. The molecule has 0 aliphatic rings. The Morgan fingerprint density at radius 1 is 1.12 bits per heavy atom. The fourth-order valence-corrected chi connectivity index (χ4v) is 3.92. The van der Waals surface area contributed by atoms with Crippen LogP contribution in [-0.4, -0.2) is 5.91 Å². The zero-order valence-electron chi connectivity index (χ0n) is 17.1. The average molecular weight is 577 g/mol. The van der Waals surface area contributed by atoms with Crippen LogP contribution in [0.2, 0.25) is 10.0 Å². The highest BCUT2D eigenvalue weighted by Gasteiger charge is 2.15. The molecule has 0 heterocycles. The maximum atomic E-state index is 12.6. The molecule has 0 aromatic heterocycles. The van der Waals surface area contributed by atoms with Gasteiger partial charge in [-0.2, -0.15) is 5.26 Å². The van der Waals surface area contributed by atoms with Crippen molar-refractivity contribution in [2.24, 2.45) is 0 Å². The van der Waals surface area contributed by atoms with E-state index in [2.05, 4.69) is 27.9 Å². The number of nitriles is 1. The monoisotopic (exact) mass is 576 g/mol. The minimum atomic E-state index is -0.477. The number of nitrogens with one attached hydrogen (secondary N) is 1. The van der Waals surface area contributed by atoms with E-state index in [4.69, 9.17) is 27.9 Å². The zero-order chi connectivity index (χ0) is 23.1. The lowest BCUT2D eigenvalue weighted by atomic mass is 10.1. The third-order valence-electron chi connectivity index (χ3n) is 4.64. The van der Waals surface area contributed by atoms with Crippen LogP contribution in [-0.2, 0) is 11.4 Å². The molecule has 1 N–H and O–H groups in total. The molecular formula is C25H19Cl2IN2O2. The summed E-state index contributed by atoms with van der Waals surface area (Å²) >= 11 is 15.0. The van der Waals surface area contributed by atoms with Crippen LogP contribution in [0.1, 0.15) is 29.7 Å². The number of hydrogen-bond acceptors (Lipinski definition) is 3. The normalized spacial score (nSPS) is 12.0. The van der Waals surface area contributed by atoms with Gasteiger partial charge in [0.1, 0.15) is 18.2 Å². The van der Waals surface area contributed by atoms with Crippen molar-refractivity contribution in [1.82, 2.24) is 5.32 Å². The van der Waals surface area contributed by atoms with Gasteiger partial charge in [0.2, 0.25) is 0 Å². The van der Waals surface area contributed by atoms with Crippen LogP contribution in [0, 0.1) is 14.9 Å². The van der Waals surface area contributed by atoms with Crippen molar-refractivity contribution in [2.75, 3.05) is 0 Å². The molecule has 3 aromatic rings. The van der Waals surface area contributed by atoms with Crippen LogP contribution in [0.5, 0.6) is 5.75 Å². The first-order valence-corrected chi connectivity index (χ1v) is 11.5. The van der Waals surface area contributed by atoms with Crippen LogP contribution in [0.25, 0.3) is 6.08 Å². The van der Waals surface area contributed by atoms with Gasteiger partial charge in [-0.05, 0) is 76.5 Å². The van der Waals surface area contributed by atoms with Gasteiger partial charge in [0.25, 0.3) is 5.91 Å². The second-order valence-corrected chi connectivity index (χ2v) is 9.06. The maximum Gasteiger partial charge on any atom is 0.262 e. The summed E-state index contributed by atoms with van der Waals surface area (Å²) in [6.45, 7) is 2.17. The predicted octanol–water partition coefficient (Wildman–Crippen LogP) is 6.96. The number of hydrogen-bond donors (Lipinski definition) is 1. The molecule has 0 saturated carbocycles. The maximum absolute atomic E-state index is 12.6. The first-order valence-electron chi connectivity index (χ1n) is 9.71. The Labute approximate surface area is 210 Å². The van der Waals surface area contributed by atoms with Gasteiger partial charge in [0, 0.05) is 3.57 Å². The summed E-state index contributed by atoms with van der Waals surface area (Å²) in [5, 5.41) is 12.9. The van der Waals surface area contributed by atoms with Crippen LogP contribution in [0.15, 0.2) is 72.3 Å². The third kappa shape index (κ3) is 6.49. The third-order valence-corrected chi connectivity index (χ3v) is 5.92. The first-order chi connectivity index (χ1) is 15.4.